The zero-order valence-corrected chi connectivity index (χ0v) is 32.5. The van der Waals surface area contributed by atoms with E-state index in [-0.39, 0.29) is 0 Å². The average molecular weight is 769 g/mol. The second-order valence-electron chi connectivity index (χ2n) is 15.3. The molecule has 4 heterocycles. The zero-order valence-electron chi connectivity index (χ0n) is 31.7. The Morgan fingerprint density at radius 3 is 1.80 bits per heavy atom. The lowest BCUT2D eigenvalue weighted by molar-refractivity contribution is 1.01. The Bertz CT molecular complexity index is 3840. The molecule has 4 aromatic heterocycles. The van der Waals surface area contributed by atoms with Gasteiger partial charge in [-0.05, 0) is 82.6 Å². The number of benzene rings is 9. The van der Waals surface area contributed by atoms with Crippen LogP contribution in [0.3, 0.4) is 0 Å². The molecule has 13 rings (SSSR count). The zero-order chi connectivity index (χ0) is 38.6. The van der Waals surface area contributed by atoms with Crippen molar-refractivity contribution >= 4 is 96.8 Å². The summed E-state index contributed by atoms with van der Waals surface area (Å²) in [7, 11) is 0. The van der Waals surface area contributed by atoms with Gasteiger partial charge in [-0.3, -0.25) is 4.57 Å². The number of hydrogen-bond donors (Lipinski definition) is 0. The third kappa shape index (κ3) is 4.77. The van der Waals surface area contributed by atoms with Crippen LogP contribution in [0.4, 0.5) is 0 Å². The fraction of sp³-hybridized carbons (Fsp3) is 0. The molecule has 13 aromatic rings. The number of rotatable bonds is 4. The minimum atomic E-state index is 0.660. The number of aromatic nitrogens is 4. The van der Waals surface area contributed by atoms with E-state index >= 15 is 0 Å². The number of fused-ring (bicyclic) bond motifs is 13. The third-order valence-electron chi connectivity index (χ3n) is 12.1. The SMILES string of the molecule is c1ccc(-c2nc(-n3c4ccc(-c5ccc6c(c5)c5c7sc8ccccc8c7ccc5n6-c5ccccc5)cc4c4c5ccccc5ccc43)nc3ccccc23)cc1. The molecule has 0 fully saturated rings. The van der Waals surface area contributed by atoms with Crippen LogP contribution in [0.5, 0.6) is 0 Å². The number of hydrogen-bond acceptors (Lipinski definition) is 3. The maximum Gasteiger partial charge on any atom is 0.235 e. The van der Waals surface area contributed by atoms with Gasteiger partial charge < -0.3 is 4.57 Å². The first kappa shape index (κ1) is 32.5. The van der Waals surface area contributed by atoms with Gasteiger partial charge in [0.2, 0.25) is 5.95 Å². The van der Waals surface area contributed by atoms with Gasteiger partial charge >= 0.3 is 0 Å². The van der Waals surface area contributed by atoms with Gasteiger partial charge in [0.1, 0.15) is 0 Å². The first-order chi connectivity index (χ1) is 29.3. The molecule has 0 aliphatic heterocycles. The number of thiophene rings is 1. The van der Waals surface area contributed by atoms with Crippen LogP contribution in [0.2, 0.25) is 0 Å². The van der Waals surface area contributed by atoms with Crippen LogP contribution in [0.25, 0.3) is 119 Å². The van der Waals surface area contributed by atoms with E-state index in [0.717, 1.165) is 38.9 Å². The molecule has 0 atom stereocenters. The third-order valence-corrected chi connectivity index (χ3v) is 13.3. The van der Waals surface area contributed by atoms with Gasteiger partial charge in [-0.1, -0.05) is 133 Å². The molecular formula is C54H32N4S. The predicted molar refractivity (Wildman–Crippen MR) is 249 cm³/mol. The molecule has 0 unspecified atom stereocenters. The van der Waals surface area contributed by atoms with Crippen molar-refractivity contribution in [2.45, 2.75) is 0 Å². The molecule has 59 heavy (non-hydrogen) atoms. The largest absolute Gasteiger partial charge is 0.309 e. The van der Waals surface area contributed by atoms with Crippen LogP contribution < -0.4 is 0 Å². The highest BCUT2D eigenvalue weighted by Gasteiger charge is 2.21. The molecule has 0 aliphatic carbocycles. The summed E-state index contributed by atoms with van der Waals surface area (Å²) >= 11 is 1.89. The second-order valence-corrected chi connectivity index (χ2v) is 16.4. The van der Waals surface area contributed by atoms with E-state index in [2.05, 4.69) is 197 Å². The predicted octanol–water partition coefficient (Wildman–Crippen LogP) is 14.7. The minimum absolute atomic E-state index is 0.660. The Hall–Kier alpha value is -7.60. The highest BCUT2D eigenvalue weighted by molar-refractivity contribution is 7.26. The van der Waals surface area contributed by atoms with Gasteiger partial charge in [0.25, 0.3) is 0 Å². The van der Waals surface area contributed by atoms with Crippen molar-refractivity contribution in [3.8, 4) is 34.0 Å². The quantitative estimate of drug-likeness (QED) is 0.179. The summed E-state index contributed by atoms with van der Waals surface area (Å²) in [6, 6.07) is 70.0. The maximum atomic E-state index is 5.36. The van der Waals surface area contributed by atoms with Gasteiger partial charge in [-0.15, -0.1) is 11.3 Å². The molecule has 0 spiro atoms. The van der Waals surface area contributed by atoms with E-state index in [0.29, 0.717) is 5.95 Å². The average Bonchev–Trinajstić information content (AvgIpc) is 3.96. The van der Waals surface area contributed by atoms with E-state index in [9.17, 15) is 0 Å². The number of para-hydroxylation sites is 2. The molecule has 0 radical (unpaired) electrons. The summed E-state index contributed by atoms with van der Waals surface area (Å²) < 4.78 is 7.33. The Morgan fingerprint density at radius 1 is 0.373 bits per heavy atom. The summed E-state index contributed by atoms with van der Waals surface area (Å²) in [5.74, 6) is 0.660. The normalized spacial score (nSPS) is 12.1. The van der Waals surface area contributed by atoms with Crippen molar-refractivity contribution < 1.29 is 0 Å². The second kappa shape index (κ2) is 12.4. The van der Waals surface area contributed by atoms with Gasteiger partial charge in [0, 0.05) is 58.4 Å². The summed E-state index contributed by atoms with van der Waals surface area (Å²) in [5.41, 5.74) is 11.0. The smallest absolute Gasteiger partial charge is 0.235 e. The van der Waals surface area contributed by atoms with Crippen molar-refractivity contribution in [2.24, 2.45) is 0 Å². The standard InChI is InChI=1S/C54H32N4S/c1-3-14-34(15-4-1)52-41-20-9-11-21-44(41)55-54(56-52)58-46-28-25-35(31-42(46)50-38-18-8-7-13-33(38)23-29-47(50)58)36-24-27-45-43(32-36)51-48(57(45)37-16-5-2-6-17-37)30-26-40-39-19-10-12-22-49(39)59-53(40)51/h1-32H. The molecule has 5 heteroatoms. The highest BCUT2D eigenvalue weighted by Crippen LogP contribution is 2.45. The van der Waals surface area contributed by atoms with Crippen molar-refractivity contribution in [3.63, 3.8) is 0 Å². The monoisotopic (exact) mass is 768 g/mol. The van der Waals surface area contributed by atoms with Crippen LogP contribution >= 0.6 is 11.3 Å². The topological polar surface area (TPSA) is 35.6 Å². The van der Waals surface area contributed by atoms with Gasteiger partial charge in [0.05, 0.1) is 33.3 Å². The van der Waals surface area contributed by atoms with Crippen LogP contribution in [-0.2, 0) is 0 Å². The van der Waals surface area contributed by atoms with Crippen molar-refractivity contribution in [1.82, 2.24) is 19.1 Å². The van der Waals surface area contributed by atoms with E-state index in [1.54, 1.807) is 0 Å². The van der Waals surface area contributed by atoms with E-state index in [1.807, 2.05) is 17.4 Å². The van der Waals surface area contributed by atoms with Gasteiger partial charge in [-0.2, -0.15) is 0 Å². The highest BCUT2D eigenvalue weighted by atomic mass is 32.1. The maximum absolute atomic E-state index is 5.36. The van der Waals surface area contributed by atoms with Crippen LogP contribution in [-0.4, -0.2) is 19.1 Å². The molecular weight excluding hydrogens is 737 g/mol. The Kier molecular flexibility index (Phi) is 6.85. The molecule has 0 amide bonds. The minimum Gasteiger partial charge on any atom is -0.309 e. The fourth-order valence-electron chi connectivity index (χ4n) is 9.49. The summed E-state index contributed by atoms with van der Waals surface area (Å²) in [6.07, 6.45) is 0. The Morgan fingerprint density at radius 2 is 0.983 bits per heavy atom. The fourth-order valence-corrected chi connectivity index (χ4v) is 10.7. The summed E-state index contributed by atoms with van der Waals surface area (Å²) in [4.78, 5) is 10.6. The molecule has 4 nitrogen and oxygen atoms in total. The lowest BCUT2D eigenvalue weighted by Gasteiger charge is -2.12. The molecule has 274 valence electrons. The van der Waals surface area contributed by atoms with Crippen molar-refractivity contribution in [1.29, 1.82) is 0 Å². The molecule has 0 N–H and O–H groups in total. The van der Waals surface area contributed by atoms with Crippen molar-refractivity contribution in [2.75, 3.05) is 0 Å². The van der Waals surface area contributed by atoms with E-state index in [4.69, 9.17) is 9.97 Å². The van der Waals surface area contributed by atoms with Crippen LogP contribution in [0.1, 0.15) is 0 Å². The van der Waals surface area contributed by atoms with Crippen LogP contribution in [0, 0.1) is 0 Å². The summed E-state index contributed by atoms with van der Waals surface area (Å²) in [5, 5.41) is 11.0. The Labute approximate surface area is 342 Å². The van der Waals surface area contributed by atoms with E-state index in [1.165, 1.54) is 74.6 Å². The van der Waals surface area contributed by atoms with Gasteiger partial charge in [-0.25, -0.2) is 9.97 Å². The first-order valence-corrected chi connectivity index (χ1v) is 20.8. The molecule has 9 aromatic carbocycles. The van der Waals surface area contributed by atoms with Crippen molar-refractivity contribution in [3.05, 3.63) is 194 Å². The Balaban J connectivity index is 1.09. The van der Waals surface area contributed by atoms with E-state index < -0.39 is 0 Å². The lowest BCUT2D eigenvalue weighted by atomic mass is 9.98. The molecule has 0 saturated carbocycles. The molecule has 0 bridgehead atoms. The van der Waals surface area contributed by atoms with Gasteiger partial charge in [0.15, 0.2) is 0 Å². The molecule has 0 saturated heterocycles. The summed E-state index contributed by atoms with van der Waals surface area (Å²) in [6.45, 7) is 0. The number of nitrogens with zero attached hydrogens (tertiary/aromatic N) is 4. The lowest BCUT2D eigenvalue weighted by Crippen LogP contribution is -2.03. The molecule has 0 aliphatic rings. The van der Waals surface area contributed by atoms with Crippen LogP contribution in [0.15, 0.2) is 194 Å². The first-order valence-electron chi connectivity index (χ1n) is 20.0.